The minimum atomic E-state index is -0.0652. The maximum absolute atomic E-state index is 6.34. The number of hydrogen-bond acceptors (Lipinski definition) is 5. The minimum Gasteiger partial charge on any atom is -0.324 e. The van der Waals surface area contributed by atoms with Crippen LogP contribution in [0.25, 0.3) is 20.4 Å². The third-order valence-corrected chi connectivity index (χ3v) is 5.40. The highest BCUT2D eigenvalue weighted by Crippen LogP contribution is 2.27. The monoisotopic (exact) mass is 311 g/mol. The summed E-state index contributed by atoms with van der Waals surface area (Å²) in [5, 5.41) is 3.13. The number of aromatic nitrogens is 2. The van der Waals surface area contributed by atoms with Crippen LogP contribution in [0, 0.1) is 0 Å². The van der Waals surface area contributed by atoms with Crippen LogP contribution in [0.2, 0.25) is 0 Å². The molecule has 0 aliphatic rings. The van der Waals surface area contributed by atoms with Crippen LogP contribution in [-0.2, 0) is 6.42 Å². The third-order valence-electron chi connectivity index (χ3n) is 3.48. The summed E-state index contributed by atoms with van der Waals surface area (Å²) in [5.41, 5.74) is 9.50. The van der Waals surface area contributed by atoms with Crippen molar-refractivity contribution in [2.24, 2.45) is 5.73 Å². The van der Waals surface area contributed by atoms with Gasteiger partial charge in [0.15, 0.2) is 0 Å². The molecule has 104 valence electrons. The molecule has 0 aliphatic carbocycles. The number of rotatable bonds is 3. The van der Waals surface area contributed by atoms with Crippen LogP contribution < -0.4 is 5.73 Å². The van der Waals surface area contributed by atoms with Crippen molar-refractivity contribution in [2.45, 2.75) is 12.5 Å². The van der Waals surface area contributed by atoms with Gasteiger partial charge in [-0.05, 0) is 35.2 Å². The highest BCUT2D eigenvalue weighted by molar-refractivity contribution is 7.18. The zero-order chi connectivity index (χ0) is 14.2. The molecule has 0 radical (unpaired) electrons. The fraction of sp³-hybridized carbons (Fsp3) is 0.125. The number of benzene rings is 1. The van der Waals surface area contributed by atoms with Crippen molar-refractivity contribution in [3.8, 4) is 0 Å². The molecule has 5 heteroatoms. The molecule has 4 rings (SSSR count). The average molecular weight is 311 g/mol. The van der Waals surface area contributed by atoms with Crippen molar-refractivity contribution >= 4 is 43.1 Å². The van der Waals surface area contributed by atoms with Crippen molar-refractivity contribution < 1.29 is 0 Å². The first kappa shape index (κ1) is 12.9. The van der Waals surface area contributed by atoms with Crippen LogP contribution >= 0.6 is 22.7 Å². The van der Waals surface area contributed by atoms with Gasteiger partial charge in [-0.25, -0.2) is 4.98 Å². The molecule has 0 amide bonds. The van der Waals surface area contributed by atoms with Crippen molar-refractivity contribution in [3.05, 3.63) is 58.5 Å². The Bertz CT molecular complexity index is 877. The van der Waals surface area contributed by atoms with Crippen LogP contribution in [0.1, 0.15) is 16.6 Å². The lowest BCUT2D eigenvalue weighted by molar-refractivity contribution is 0.717. The van der Waals surface area contributed by atoms with Crippen molar-refractivity contribution in [2.75, 3.05) is 0 Å². The second kappa shape index (κ2) is 5.18. The van der Waals surface area contributed by atoms with Gasteiger partial charge in [0.25, 0.3) is 0 Å². The molecule has 0 saturated carbocycles. The van der Waals surface area contributed by atoms with Gasteiger partial charge in [-0.3, -0.25) is 4.98 Å². The molecule has 0 bridgehead atoms. The SMILES string of the molecule is NC(Cc1nc2ccccc2s1)c1cnc2ccsc2c1. The van der Waals surface area contributed by atoms with Crippen LogP contribution in [0.15, 0.2) is 48.0 Å². The van der Waals surface area contributed by atoms with Crippen LogP contribution in [0.3, 0.4) is 0 Å². The lowest BCUT2D eigenvalue weighted by Gasteiger charge is -2.09. The van der Waals surface area contributed by atoms with Gasteiger partial charge in [0.2, 0.25) is 0 Å². The first-order valence-corrected chi connectivity index (χ1v) is 8.42. The van der Waals surface area contributed by atoms with E-state index in [1.807, 2.05) is 30.5 Å². The van der Waals surface area contributed by atoms with Gasteiger partial charge >= 0.3 is 0 Å². The molecule has 3 aromatic heterocycles. The van der Waals surface area contributed by atoms with Gasteiger partial charge in [0, 0.05) is 18.7 Å². The van der Waals surface area contributed by atoms with Gasteiger partial charge < -0.3 is 5.73 Å². The summed E-state index contributed by atoms with van der Waals surface area (Å²) in [4.78, 5) is 9.11. The molecule has 0 spiro atoms. The molecule has 0 saturated heterocycles. The standard InChI is InChI=1S/C16H13N3S2/c17-11(10-7-15-12(18-9-10)5-6-20-15)8-16-19-13-3-1-2-4-14(13)21-16/h1-7,9,11H,8,17H2. The summed E-state index contributed by atoms with van der Waals surface area (Å²) in [6.45, 7) is 0. The van der Waals surface area contributed by atoms with Crippen molar-refractivity contribution in [1.82, 2.24) is 9.97 Å². The first-order valence-electron chi connectivity index (χ1n) is 6.73. The summed E-state index contributed by atoms with van der Waals surface area (Å²) < 4.78 is 2.40. The van der Waals surface area contributed by atoms with E-state index in [9.17, 15) is 0 Å². The van der Waals surface area contributed by atoms with Crippen LogP contribution in [0.5, 0.6) is 0 Å². The van der Waals surface area contributed by atoms with E-state index in [1.165, 1.54) is 9.40 Å². The third kappa shape index (κ3) is 2.44. The van der Waals surface area contributed by atoms with E-state index in [0.717, 1.165) is 28.0 Å². The van der Waals surface area contributed by atoms with E-state index in [2.05, 4.69) is 27.5 Å². The van der Waals surface area contributed by atoms with Crippen LogP contribution in [-0.4, -0.2) is 9.97 Å². The number of para-hydroxylation sites is 1. The Kier molecular flexibility index (Phi) is 3.18. The Balaban J connectivity index is 1.63. The predicted molar refractivity (Wildman–Crippen MR) is 89.9 cm³/mol. The van der Waals surface area contributed by atoms with E-state index in [0.29, 0.717) is 0 Å². The molecular formula is C16H13N3S2. The van der Waals surface area contributed by atoms with Gasteiger partial charge in [-0.2, -0.15) is 0 Å². The molecule has 1 aromatic carbocycles. The van der Waals surface area contributed by atoms with E-state index in [4.69, 9.17) is 5.73 Å². The summed E-state index contributed by atoms with van der Waals surface area (Å²) in [5.74, 6) is 0. The summed E-state index contributed by atoms with van der Waals surface area (Å²) in [6, 6.07) is 12.3. The topological polar surface area (TPSA) is 51.8 Å². The number of hydrogen-bond donors (Lipinski definition) is 1. The highest BCUT2D eigenvalue weighted by Gasteiger charge is 2.12. The summed E-state index contributed by atoms with van der Waals surface area (Å²) >= 11 is 3.41. The fourth-order valence-corrected chi connectivity index (χ4v) is 4.19. The van der Waals surface area contributed by atoms with Gasteiger partial charge in [-0.15, -0.1) is 22.7 Å². The number of nitrogens with zero attached hydrogens (tertiary/aromatic N) is 2. The smallest absolute Gasteiger partial charge is 0.0957 e. The van der Waals surface area contributed by atoms with Gasteiger partial charge in [-0.1, -0.05) is 12.1 Å². The Morgan fingerprint density at radius 1 is 1.10 bits per heavy atom. The largest absolute Gasteiger partial charge is 0.324 e. The van der Waals surface area contributed by atoms with E-state index in [-0.39, 0.29) is 6.04 Å². The number of thiophene rings is 1. The Hall–Kier alpha value is -1.82. The predicted octanol–water partition coefficient (Wildman–Crippen LogP) is 4.15. The second-order valence-corrected chi connectivity index (χ2v) is 7.02. The number of pyridine rings is 1. The van der Waals surface area contributed by atoms with Gasteiger partial charge in [0.1, 0.15) is 0 Å². The van der Waals surface area contributed by atoms with E-state index in [1.54, 1.807) is 22.7 Å². The maximum atomic E-state index is 6.34. The Morgan fingerprint density at radius 3 is 2.90 bits per heavy atom. The molecule has 0 aliphatic heterocycles. The second-order valence-electron chi connectivity index (χ2n) is 4.96. The quantitative estimate of drug-likeness (QED) is 0.618. The molecular weight excluding hydrogens is 298 g/mol. The molecule has 1 unspecified atom stereocenters. The lowest BCUT2D eigenvalue weighted by atomic mass is 10.1. The van der Waals surface area contributed by atoms with Crippen molar-refractivity contribution in [3.63, 3.8) is 0 Å². The van der Waals surface area contributed by atoms with Crippen molar-refractivity contribution in [1.29, 1.82) is 0 Å². The number of thiazole rings is 1. The normalized spacial score (nSPS) is 13.0. The van der Waals surface area contributed by atoms with Crippen LogP contribution in [0.4, 0.5) is 0 Å². The molecule has 3 heterocycles. The Morgan fingerprint density at radius 2 is 2.00 bits per heavy atom. The number of nitrogens with two attached hydrogens (primary N) is 1. The van der Waals surface area contributed by atoms with Gasteiger partial charge in [0.05, 0.1) is 25.4 Å². The zero-order valence-corrected chi connectivity index (χ0v) is 12.8. The lowest BCUT2D eigenvalue weighted by Crippen LogP contribution is -2.13. The molecule has 21 heavy (non-hydrogen) atoms. The molecule has 2 N–H and O–H groups in total. The Labute approximate surface area is 130 Å². The maximum Gasteiger partial charge on any atom is 0.0957 e. The minimum absolute atomic E-state index is 0.0652. The number of fused-ring (bicyclic) bond motifs is 2. The molecule has 4 aromatic rings. The molecule has 1 atom stereocenters. The average Bonchev–Trinajstić information content (AvgIpc) is 3.11. The molecule has 3 nitrogen and oxygen atoms in total. The van der Waals surface area contributed by atoms with E-state index < -0.39 is 0 Å². The zero-order valence-electron chi connectivity index (χ0n) is 11.2. The highest BCUT2D eigenvalue weighted by atomic mass is 32.1. The molecule has 0 fully saturated rings. The summed E-state index contributed by atoms with van der Waals surface area (Å²) in [7, 11) is 0. The fourth-order valence-electron chi connectivity index (χ4n) is 2.38. The van der Waals surface area contributed by atoms with E-state index >= 15 is 0 Å². The summed E-state index contributed by atoms with van der Waals surface area (Å²) in [6.07, 6.45) is 2.63. The first-order chi connectivity index (χ1) is 10.3.